The van der Waals surface area contributed by atoms with E-state index in [0.717, 1.165) is 0 Å². The zero-order valence-electron chi connectivity index (χ0n) is 10.9. The van der Waals surface area contributed by atoms with Crippen molar-refractivity contribution in [3.8, 4) is 17.2 Å². The number of carbonyl (C=O) groups is 1. The van der Waals surface area contributed by atoms with Gasteiger partial charge in [0.2, 0.25) is 11.7 Å². The Hall–Kier alpha value is -1.95. The van der Waals surface area contributed by atoms with Gasteiger partial charge < -0.3 is 25.3 Å². The third-order valence-corrected chi connectivity index (χ3v) is 2.59. The highest BCUT2D eigenvalue weighted by Crippen LogP contribution is 2.39. The molecule has 1 aromatic rings. The molecule has 0 aliphatic rings. The second-order valence-corrected chi connectivity index (χ2v) is 3.58. The second-order valence-electron chi connectivity index (χ2n) is 3.58. The maximum absolute atomic E-state index is 11.3. The fourth-order valence-electron chi connectivity index (χ4n) is 1.74. The Labute approximate surface area is 106 Å². The van der Waals surface area contributed by atoms with Crippen molar-refractivity contribution in [2.45, 2.75) is 6.04 Å². The fraction of sp³-hybridized carbons (Fsp3) is 0.417. The summed E-state index contributed by atoms with van der Waals surface area (Å²) in [5.41, 5.74) is 5.97. The van der Waals surface area contributed by atoms with Crippen LogP contribution in [0.5, 0.6) is 17.2 Å². The molecule has 6 nitrogen and oxygen atoms in total. The highest BCUT2D eigenvalue weighted by Gasteiger charge is 2.21. The van der Waals surface area contributed by atoms with Gasteiger partial charge in [0.05, 0.1) is 21.3 Å². The second kappa shape index (κ2) is 6.11. The Bertz CT molecular complexity index is 409. The smallest absolute Gasteiger partial charge is 0.239 e. The van der Waals surface area contributed by atoms with Crippen LogP contribution in [0.1, 0.15) is 11.6 Å². The standard InChI is InChI=1S/C12H18N2O4/c1-14-10(12(13)15)7-5-8(16-2)11(18-4)9(6-7)17-3/h5-6,10,14H,1-4H3,(H2,13,15). The minimum Gasteiger partial charge on any atom is -0.493 e. The first kappa shape index (κ1) is 14.1. The van der Waals surface area contributed by atoms with Crippen LogP contribution in [-0.2, 0) is 4.79 Å². The molecule has 0 aromatic heterocycles. The summed E-state index contributed by atoms with van der Waals surface area (Å²) in [5.74, 6) is 0.955. The van der Waals surface area contributed by atoms with Gasteiger partial charge in [-0.3, -0.25) is 4.79 Å². The monoisotopic (exact) mass is 254 g/mol. The van der Waals surface area contributed by atoms with Crippen molar-refractivity contribution in [1.29, 1.82) is 0 Å². The van der Waals surface area contributed by atoms with Crippen LogP contribution < -0.4 is 25.3 Å². The van der Waals surface area contributed by atoms with Gasteiger partial charge in [-0.2, -0.15) is 0 Å². The number of hydrogen-bond donors (Lipinski definition) is 2. The highest BCUT2D eigenvalue weighted by atomic mass is 16.5. The molecule has 3 N–H and O–H groups in total. The lowest BCUT2D eigenvalue weighted by atomic mass is 10.1. The molecule has 6 heteroatoms. The minimum atomic E-state index is -0.612. The largest absolute Gasteiger partial charge is 0.493 e. The average Bonchev–Trinajstić information content (AvgIpc) is 2.37. The van der Waals surface area contributed by atoms with Gasteiger partial charge in [0.25, 0.3) is 0 Å². The summed E-state index contributed by atoms with van der Waals surface area (Å²) in [5, 5.41) is 2.83. The zero-order chi connectivity index (χ0) is 13.7. The Morgan fingerprint density at radius 2 is 1.67 bits per heavy atom. The van der Waals surface area contributed by atoms with Crippen LogP contribution in [0.4, 0.5) is 0 Å². The quantitative estimate of drug-likeness (QED) is 0.770. The Kier molecular flexibility index (Phi) is 4.79. The molecular weight excluding hydrogens is 236 g/mol. The molecule has 0 bridgehead atoms. The van der Waals surface area contributed by atoms with Gasteiger partial charge in [-0.1, -0.05) is 0 Å². The molecule has 1 rings (SSSR count). The van der Waals surface area contributed by atoms with Gasteiger partial charge in [0.1, 0.15) is 6.04 Å². The van der Waals surface area contributed by atoms with Crippen LogP contribution in [-0.4, -0.2) is 34.3 Å². The molecule has 0 aliphatic heterocycles. The molecule has 0 aliphatic carbocycles. The number of primary amides is 1. The van der Waals surface area contributed by atoms with Gasteiger partial charge in [-0.15, -0.1) is 0 Å². The highest BCUT2D eigenvalue weighted by molar-refractivity contribution is 5.82. The number of hydrogen-bond acceptors (Lipinski definition) is 5. The van der Waals surface area contributed by atoms with E-state index in [1.165, 1.54) is 21.3 Å². The number of nitrogens with one attached hydrogen (secondary N) is 1. The number of likely N-dealkylation sites (N-methyl/N-ethyl adjacent to an activating group) is 1. The van der Waals surface area contributed by atoms with Gasteiger partial charge >= 0.3 is 0 Å². The van der Waals surface area contributed by atoms with Crippen molar-refractivity contribution < 1.29 is 19.0 Å². The predicted molar refractivity (Wildman–Crippen MR) is 67.1 cm³/mol. The van der Waals surface area contributed by atoms with Gasteiger partial charge in [0.15, 0.2) is 11.5 Å². The molecule has 18 heavy (non-hydrogen) atoms. The maximum Gasteiger partial charge on any atom is 0.239 e. The van der Waals surface area contributed by atoms with E-state index < -0.39 is 11.9 Å². The van der Waals surface area contributed by atoms with Gasteiger partial charge in [-0.25, -0.2) is 0 Å². The Morgan fingerprint density at radius 3 is 1.94 bits per heavy atom. The Morgan fingerprint density at radius 1 is 1.17 bits per heavy atom. The first-order valence-electron chi connectivity index (χ1n) is 5.35. The predicted octanol–water partition coefficient (Wildman–Crippen LogP) is 0.458. The van der Waals surface area contributed by atoms with E-state index in [1.54, 1.807) is 19.2 Å². The van der Waals surface area contributed by atoms with Crippen LogP contribution in [0.15, 0.2) is 12.1 Å². The van der Waals surface area contributed by atoms with E-state index in [0.29, 0.717) is 22.8 Å². The lowest BCUT2D eigenvalue weighted by Crippen LogP contribution is -2.31. The molecule has 100 valence electrons. The molecule has 0 heterocycles. The van der Waals surface area contributed by atoms with E-state index >= 15 is 0 Å². The first-order chi connectivity index (χ1) is 8.58. The lowest BCUT2D eigenvalue weighted by Gasteiger charge is -2.18. The van der Waals surface area contributed by atoms with Crippen LogP contribution in [0.3, 0.4) is 0 Å². The zero-order valence-corrected chi connectivity index (χ0v) is 10.9. The summed E-state index contributed by atoms with van der Waals surface area (Å²) in [6.07, 6.45) is 0. The summed E-state index contributed by atoms with van der Waals surface area (Å²) in [6.45, 7) is 0. The number of benzene rings is 1. The first-order valence-corrected chi connectivity index (χ1v) is 5.35. The SMILES string of the molecule is CNC(C(N)=O)c1cc(OC)c(OC)c(OC)c1. The summed E-state index contributed by atoms with van der Waals surface area (Å²) < 4.78 is 15.6. The molecule has 1 aromatic carbocycles. The van der Waals surface area contributed by atoms with Gasteiger partial charge in [-0.05, 0) is 24.7 Å². The third kappa shape index (κ3) is 2.65. The van der Waals surface area contributed by atoms with Crippen molar-refractivity contribution in [1.82, 2.24) is 5.32 Å². The fourth-order valence-corrected chi connectivity index (χ4v) is 1.74. The molecule has 1 amide bonds. The van der Waals surface area contributed by atoms with E-state index in [-0.39, 0.29) is 0 Å². The molecular formula is C12H18N2O4. The molecule has 1 unspecified atom stereocenters. The average molecular weight is 254 g/mol. The summed E-state index contributed by atoms with van der Waals surface area (Å²) in [4.78, 5) is 11.3. The minimum absolute atomic E-state index is 0.475. The molecule has 0 radical (unpaired) electrons. The molecule has 0 saturated heterocycles. The van der Waals surface area contributed by atoms with Crippen molar-refractivity contribution in [3.63, 3.8) is 0 Å². The normalized spacial score (nSPS) is 11.8. The maximum atomic E-state index is 11.3. The molecule has 0 spiro atoms. The summed E-state index contributed by atoms with van der Waals surface area (Å²) >= 11 is 0. The number of amides is 1. The molecule has 0 saturated carbocycles. The molecule has 0 fully saturated rings. The third-order valence-electron chi connectivity index (χ3n) is 2.59. The van der Waals surface area contributed by atoms with Crippen LogP contribution in [0, 0.1) is 0 Å². The van der Waals surface area contributed by atoms with Crippen LogP contribution >= 0.6 is 0 Å². The number of methoxy groups -OCH3 is 3. The Balaban J connectivity index is 3.34. The number of rotatable bonds is 6. The summed E-state index contributed by atoms with van der Waals surface area (Å²) in [6, 6.07) is 2.76. The van der Waals surface area contributed by atoms with E-state index in [2.05, 4.69) is 5.32 Å². The number of ether oxygens (including phenoxy) is 3. The van der Waals surface area contributed by atoms with E-state index in [1.807, 2.05) is 0 Å². The lowest BCUT2D eigenvalue weighted by molar-refractivity contribution is -0.120. The van der Waals surface area contributed by atoms with Crippen LogP contribution in [0.2, 0.25) is 0 Å². The van der Waals surface area contributed by atoms with Gasteiger partial charge in [0, 0.05) is 0 Å². The topological polar surface area (TPSA) is 82.8 Å². The van der Waals surface area contributed by atoms with Crippen molar-refractivity contribution in [2.24, 2.45) is 5.73 Å². The summed E-state index contributed by atoms with van der Waals surface area (Å²) in [7, 11) is 6.20. The number of carbonyl (C=O) groups excluding carboxylic acids is 1. The van der Waals surface area contributed by atoms with Crippen LogP contribution in [0.25, 0.3) is 0 Å². The van der Waals surface area contributed by atoms with E-state index in [9.17, 15) is 4.79 Å². The number of nitrogens with two attached hydrogens (primary N) is 1. The van der Waals surface area contributed by atoms with Crippen molar-refractivity contribution in [2.75, 3.05) is 28.4 Å². The van der Waals surface area contributed by atoms with Crippen molar-refractivity contribution >= 4 is 5.91 Å². The van der Waals surface area contributed by atoms with E-state index in [4.69, 9.17) is 19.9 Å². The molecule has 1 atom stereocenters. The van der Waals surface area contributed by atoms with Crippen molar-refractivity contribution in [3.05, 3.63) is 17.7 Å².